The van der Waals surface area contributed by atoms with Gasteiger partial charge in [-0.05, 0) is 25.0 Å². The standard InChI is InChI=1S/C17H19FN6O2/c18-14-8-15(20-11-19-14)22-13-9-24(10-17(13)3-6-26-7-4-17)16(25)12-2-1-5-21-23-12/h1-2,5,8,11,13H,3-4,6-7,9-10H2,(H,19,20,22). The molecule has 2 saturated heterocycles. The Labute approximate surface area is 149 Å². The van der Waals surface area contributed by atoms with Crippen LogP contribution in [0.4, 0.5) is 10.2 Å². The van der Waals surface area contributed by atoms with Crippen molar-refractivity contribution in [2.24, 2.45) is 5.41 Å². The third kappa shape index (κ3) is 3.22. The Bertz CT molecular complexity index is 784. The lowest BCUT2D eigenvalue weighted by Gasteiger charge is -2.38. The van der Waals surface area contributed by atoms with E-state index in [9.17, 15) is 9.18 Å². The van der Waals surface area contributed by atoms with Gasteiger partial charge in [-0.3, -0.25) is 4.79 Å². The van der Waals surface area contributed by atoms with Gasteiger partial charge in [-0.25, -0.2) is 9.97 Å². The van der Waals surface area contributed by atoms with Gasteiger partial charge in [0.05, 0.1) is 6.04 Å². The first-order valence-corrected chi connectivity index (χ1v) is 8.55. The Morgan fingerprint density at radius 1 is 1.35 bits per heavy atom. The number of carbonyl (C=O) groups excluding carboxylic acids is 1. The zero-order valence-corrected chi connectivity index (χ0v) is 14.1. The molecule has 2 aromatic heterocycles. The number of aromatic nitrogens is 4. The normalized spacial score (nSPS) is 21.7. The summed E-state index contributed by atoms with van der Waals surface area (Å²) in [6.07, 6.45) is 4.37. The molecule has 1 atom stereocenters. The molecule has 2 aliphatic heterocycles. The van der Waals surface area contributed by atoms with Crippen LogP contribution in [0.15, 0.2) is 30.7 Å². The smallest absolute Gasteiger partial charge is 0.274 e. The van der Waals surface area contributed by atoms with Crippen LogP contribution in [0, 0.1) is 11.4 Å². The van der Waals surface area contributed by atoms with Crippen LogP contribution >= 0.6 is 0 Å². The molecule has 4 heterocycles. The van der Waals surface area contributed by atoms with Gasteiger partial charge >= 0.3 is 0 Å². The molecule has 0 aromatic carbocycles. The number of hydrogen-bond acceptors (Lipinski definition) is 7. The molecular formula is C17H19FN6O2. The van der Waals surface area contributed by atoms with Crippen molar-refractivity contribution < 1.29 is 13.9 Å². The number of carbonyl (C=O) groups is 1. The minimum atomic E-state index is -0.589. The van der Waals surface area contributed by atoms with Crippen LogP contribution in [-0.2, 0) is 4.74 Å². The highest BCUT2D eigenvalue weighted by Crippen LogP contribution is 2.41. The van der Waals surface area contributed by atoms with Gasteiger partial charge in [0.1, 0.15) is 12.1 Å². The number of anilines is 1. The molecule has 2 fully saturated rings. The van der Waals surface area contributed by atoms with E-state index in [1.54, 1.807) is 17.0 Å². The van der Waals surface area contributed by atoms with Crippen LogP contribution in [0.1, 0.15) is 23.3 Å². The summed E-state index contributed by atoms with van der Waals surface area (Å²) >= 11 is 0. The molecule has 0 aliphatic carbocycles. The number of nitrogens with zero attached hydrogens (tertiary/aromatic N) is 5. The maximum Gasteiger partial charge on any atom is 0.274 e. The molecule has 0 bridgehead atoms. The molecule has 0 saturated carbocycles. The van der Waals surface area contributed by atoms with Crippen molar-refractivity contribution >= 4 is 11.7 Å². The summed E-state index contributed by atoms with van der Waals surface area (Å²) < 4.78 is 18.9. The number of halogens is 1. The Morgan fingerprint density at radius 2 is 2.19 bits per heavy atom. The summed E-state index contributed by atoms with van der Waals surface area (Å²) in [6, 6.07) is 4.56. The van der Waals surface area contributed by atoms with Gasteiger partial charge in [-0.1, -0.05) is 0 Å². The first kappa shape index (κ1) is 16.8. The van der Waals surface area contributed by atoms with E-state index in [4.69, 9.17) is 4.74 Å². The van der Waals surface area contributed by atoms with E-state index >= 15 is 0 Å². The van der Waals surface area contributed by atoms with E-state index in [2.05, 4.69) is 25.5 Å². The third-order valence-corrected chi connectivity index (χ3v) is 5.17. The molecule has 9 heteroatoms. The number of likely N-dealkylation sites (tertiary alicyclic amines) is 1. The predicted molar refractivity (Wildman–Crippen MR) is 89.8 cm³/mol. The van der Waals surface area contributed by atoms with Crippen molar-refractivity contribution in [1.82, 2.24) is 25.1 Å². The summed E-state index contributed by atoms with van der Waals surface area (Å²) in [4.78, 5) is 22.2. The molecule has 136 valence electrons. The Hall–Kier alpha value is -2.68. The minimum Gasteiger partial charge on any atom is -0.381 e. The minimum absolute atomic E-state index is 0.0543. The molecule has 1 N–H and O–H groups in total. The van der Waals surface area contributed by atoms with Crippen molar-refractivity contribution in [2.75, 3.05) is 31.6 Å². The highest BCUT2D eigenvalue weighted by atomic mass is 19.1. The van der Waals surface area contributed by atoms with Gasteiger partial charge in [0.25, 0.3) is 5.91 Å². The zero-order valence-electron chi connectivity index (χ0n) is 14.1. The van der Waals surface area contributed by atoms with Crippen LogP contribution in [0.5, 0.6) is 0 Å². The predicted octanol–water partition coefficient (Wildman–Crippen LogP) is 1.14. The van der Waals surface area contributed by atoms with Crippen LogP contribution in [0.25, 0.3) is 0 Å². The Morgan fingerprint density at radius 3 is 2.92 bits per heavy atom. The number of amides is 1. The average molecular weight is 358 g/mol. The second-order valence-corrected chi connectivity index (χ2v) is 6.69. The molecule has 8 nitrogen and oxygen atoms in total. The van der Waals surface area contributed by atoms with E-state index in [-0.39, 0.29) is 17.4 Å². The summed E-state index contributed by atoms with van der Waals surface area (Å²) in [5, 5.41) is 11.0. The molecule has 2 aromatic rings. The fraction of sp³-hybridized carbons (Fsp3) is 0.471. The van der Waals surface area contributed by atoms with E-state index < -0.39 is 5.95 Å². The van der Waals surface area contributed by atoms with E-state index in [1.165, 1.54) is 18.6 Å². The van der Waals surface area contributed by atoms with Gasteiger partial charge in [0.15, 0.2) is 5.69 Å². The molecule has 1 unspecified atom stereocenters. The second kappa shape index (κ2) is 6.91. The van der Waals surface area contributed by atoms with Crippen LogP contribution < -0.4 is 5.32 Å². The van der Waals surface area contributed by atoms with Crippen LogP contribution in [-0.4, -0.2) is 63.3 Å². The first-order chi connectivity index (χ1) is 12.7. The summed E-state index contributed by atoms with van der Waals surface area (Å²) in [5.74, 6) is -0.321. The average Bonchev–Trinajstić information content (AvgIpc) is 3.00. The highest BCUT2D eigenvalue weighted by Gasteiger charge is 2.49. The maximum absolute atomic E-state index is 13.4. The van der Waals surface area contributed by atoms with Crippen molar-refractivity contribution in [2.45, 2.75) is 18.9 Å². The largest absolute Gasteiger partial charge is 0.381 e. The first-order valence-electron chi connectivity index (χ1n) is 8.55. The van der Waals surface area contributed by atoms with Crippen LogP contribution in [0.3, 0.4) is 0 Å². The number of nitrogens with one attached hydrogen (secondary N) is 1. The topological polar surface area (TPSA) is 93.1 Å². The van der Waals surface area contributed by atoms with Crippen molar-refractivity contribution in [3.8, 4) is 0 Å². The van der Waals surface area contributed by atoms with Crippen molar-refractivity contribution in [3.63, 3.8) is 0 Å². The molecule has 4 rings (SSSR count). The van der Waals surface area contributed by atoms with Crippen molar-refractivity contribution in [1.29, 1.82) is 0 Å². The van der Waals surface area contributed by atoms with E-state index in [0.29, 0.717) is 37.8 Å². The Balaban J connectivity index is 1.58. The van der Waals surface area contributed by atoms with Gasteiger partial charge in [-0.2, -0.15) is 9.49 Å². The lowest BCUT2D eigenvalue weighted by atomic mass is 9.76. The number of hydrogen-bond donors (Lipinski definition) is 1. The second-order valence-electron chi connectivity index (χ2n) is 6.69. The third-order valence-electron chi connectivity index (χ3n) is 5.17. The number of rotatable bonds is 3. The van der Waals surface area contributed by atoms with E-state index in [1.807, 2.05) is 0 Å². The van der Waals surface area contributed by atoms with Gasteiger partial charge < -0.3 is 15.0 Å². The summed E-state index contributed by atoms with van der Waals surface area (Å²) in [6.45, 7) is 2.37. The summed E-state index contributed by atoms with van der Waals surface area (Å²) in [5.41, 5.74) is 0.181. The molecule has 2 aliphatic rings. The summed E-state index contributed by atoms with van der Waals surface area (Å²) in [7, 11) is 0. The van der Waals surface area contributed by atoms with Crippen molar-refractivity contribution in [3.05, 3.63) is 42.4 Å². The van der Waals surface area contributed by atoms with Gasteiger partial charge in [0, 0.05) is 44.0 Å². The number of ether oxygens (including phenoxy) is 1. The monoisotopic (exact) mass is 358 g/mol. The zero-order chi connectivity index (χ0) is 18.0. The maximum atomic E-state index is 13.4. The molecule has 1 amide bonds. The SMILES string of the molecule is O=C(c1cccnn1)N1CC(Nc2cc(F)ncn2)C2(CCOCC2)C1. The quantitative estimate of drug-likeness (QED) is 0.823. The highest BCUT2D eigenvalue weighted by molar-refractivity contribution is 5.92. The molecular weight excluding hydrogens is 339 g/mol. The van der Waals surface area contributed by atoms with Gasteiger partial charge in [-0.15, -0.1) is 5.10 Å². The fourth-order valence-corrected chi connectivity index (χ4v) is 3.78. The van der Waals surface area contributed by atoms with Gasteiger partial charge in [0.2, 0.25) is 5.95 Å². The Kier molecular flexibility index (Phi) is 4.46. The van der Waals surface area contributed by atoms with E-state index in [0.717, 1.165) is 12.8 Å². The van der Waals surface area contributed by atoms with Crippen LogP contribution in [0.2, 0.25) is 0 Å². The lowest BCUT2D eigenvalue weighted by molar-refractivity contribution is 0.0153. The molecule has 1 spiro atoms. The lowest BCUT2D eigenvalue weighted by Crippen LogP contribution is -2.44. The fourth-order valence-electron chi connectivity index (χ4n) is 3.78. The molecule has 0 radical (unpaired) electrons. The molecule has 26 heavy (non-hydrogen) atoms.